The molecule has 2 N–H and O–H groups in total. The molecule has 2 heterocycles. The van der Waals surface area contributed by atoms with Crippen LogP contribution in [0.1, 0.15) is 30.3 Å². The number of nitrogens with zero attached hydrogens (tertiary/aromatic N) is 3. The molecular formula is C20H24N4O4. The highest BCUT2D eigenvalue weighted by molar-refractivity contribution is 5.94. The number of amides is 2. The Morgan fingerprint density at radius 2 is 2.07 bits per heavy atom. The molecule has 4 rings (SSSR count). The minimum atomic E-state index is -0.509. The Hall–Kier alpha value is -2.71. The topological polar surface area (TPSA) is 96.7 Å². The Morgan fingerprint density at radius 3 is 2.68 bits per heavy atom. The van der Waals surface area contributed by atoms with Crippen molar-refractivity contribution in [2.45, 2.75) is 31.5 Å². The van der Waals surface area contributed by atoms with Crippen LogP contribution in [0.5, 0.6) is 0 Å². The smallest absolute Gasteiger partial charge is 0.249 e. The van der Waals surface area contributed by atoms with Crippen LogP contribution in [-0.2, 0) is 27.9 Å². The van der Waals surface area contributed by atoms with Gasteiger partial charge in [0.25, 0.3) is 0 Å². The number of hydrogen-bond donors (Lipinski definition) is 2. The van der Waals surface area contributed by atoms with E-state index in [1.807, 2.05) is 42.1 Å². The minimum absolute atomic E-state index is 0.0498. The fourth-order valence-electron chi connectivity index (χ4n) is 3.47. The van der Waals surface area contributed by atoms with E-state index in [1.54, 1.807) is 11.1 Å². The molecule has 28 heavy (non-hydrogen) atoms. The highest BCUT2D eigenvalue weighted by atomic mass is 16.5. The van der Waals surface area contributed by atoms with Crippen LogP contribution in [0.15, 0.2) is 36.7 Å². The van der Waals surface area contributed by atoms with E-state index < -0.39 is 12.1 Å². The SMILES string of the molecule is Cn1ccnc1CN1C(=O)CO[C@H](c2ccc(NC(=O)C3CC3)cc2)[C@H]1CO. The average molecular weight is 384 g/mol. The van der Waals surface area contributed by atoms with Gasteiger partial charge in [0.15, 0.2) is 0 Å². The molecule has 0 unspecified atom stereocenters. The average Bonchev–Trinajstić information content (AvgIpc) is 3.47. The minimum Gasteiger partial charge on any atom is -0.394 e. The third-order valence-corrected chi connectivity index (χ3v) is 5.33. The van der Waals surface area contributed by atoms with Crippen LogP contribution in [0.3, 0.4) is 0 Å². The lowest BCUT2D eigenvalue weighted by atomic mass is 9.99. The number of aliphatic hydroxyl groups is 1. The number of nitrogens with one attached hydrogen (secondary N) is 1. The first kappa shape index (κ1) is 18.6. The normalized spacial score (nSPS) is 22.4. The molecule has 1 saturated carbocycles. The van der Waals surface area contributed by atoms with Gasteiger partial charge in [-0.3, -0.25) is 9.59 Å². The summed E-state index contributed by atoms with van der Waals surface area (Å²) in [5.74, 6) is 0.768. The molecule has 0 spiro atoms. The van der Waals surface area contributed by atoms with Gasteiger partial charge in [-0.25, -0.2) is 4.98 Å². The van der Waals surface area contributed by atoms with E-state index in [9.17, 15) is 14.7 Å². The first-order chi connectivity index (χ1) is 13.6. The number of ether oxygens (including phenoxy) is 1. The van der Waals surface area contributed by atoms with Crippen LogP contribution < -0.4 is 5.32 Å². The first-order valence-electron chi connectivity index (χ1n) is 9.45. The molecule has 148 valence electrons. The molecule has 2 amide bonds. The number of aryl methyl sites for hydroxylation is 1. The number of imidazole rings is 1. The summed E-state index contributed by atoms with van der Waals surface area (Å²) >= 11 is 0. The van der Waals surface area contributed by atoms with Crippen molar-refractivity contribution in [3.05, 3.63) is 48.0 Å². The van der Waals surface area contributed by atoms with Gasteiger partial charge >= 0.3 is 0 Å². The number of carbonyl (C=O) groups is 2. The molecule has 1 aliphatic heterocycles. The first-order valence-corrected chi connectivity index (χ1v) is 9.45. The summed E-state index contributed by atoms with van der Waals surface area (Å²) in [4.78, 5) is 30.2. The third-order valence-electron chi connectivity index (χ3n) is 5.33. The number of anilines is 1. The number of hydrogen-bond acceptors (Lipinski definition) is 5. The van der Waals surface area contributed by atoms with Crippen molar-refractivity contribution in [3.63, 3.8) is 0 Å². The lowest BCUT2D eigenvalue weighted by molar-refractivity contribution is -0.162. The lowest BCUT2D eigenvalue weighted by Crippen LogP contribution is -2.52. The monoisotopic (exact) mass is 384 g/mol. The van der Waals surface area contributed by atoms with E-state index in [-0.39, 0.29) is 30.9 Å². The van der Waals surface area contributed by atoms with Gasteiger partial charge in [0, 0.05) is 31.0 Å². The molecule has 0 radical (unpaired) electrons. The van der Waals surface area contributed by atoms with Gasteiger partial charge in [-0.05, 0) is 30.5 Å². The van der Waals surface area contributed by atoms with E-state index in [0.29, 0.717) is 6.54 Å². The molecule has 2 fully saturated rings. The summed E-state index contributed by atoms with van der Waals surface area (Å²) in [5, 5.41) is 12.9. The number of morpholine rings is 1. The van der Waals surface area contributed by atoms with Gasteiger partial charge < -0.3 is 24.6 Å². The van der Waals surface area contributed by atoms with Gasteiger partial charge in [0.05, 0.1) is 19.2 Å². The zero-order valence-corrected chi connectivity index (χ0v) is 15.7. The molecule has 1 aliphatic carbocycles. The van der Waals surface area contributed by atoms with Crippen LogP contribution in [0.25, 0.3) is 0 Å². The predicted octanol–water partition coefficient (Wildman–Crippen LogP) is 1.23. The zero-order valence-electron chi connectivity index (χ0n) is 15.7. The second kappa shape index (κ2) is 7.73. The zero-order chi connectivity index (χ0) is 19.7. The van der Waals surface area contributed by atoms with Gasteiger partial charge in [-0.15, -0.1) is 0 Å². The fraction of sp³-hybridized carbons (Fsp3) is 0.450. The second-order valence-corrected chi connectivity index (χ2v) is 7.34. The molecule has 2 aromatic rings. The van der Waals surface area contributed by atoms with Crippen molar-refractivity contribution in [2.24, 2.45) is 13.0 Å². The van der Waals surface area contributed by atoms with Crippen LogP contribution >= 0.6 is 0 Å². The predicted molar refractivity (Wildman–Crippen MR) is 101 cm³/mol. The fourth-order valence-corrected chi connectivity index (χ4v) is 3.47. The molecule has 0 bridgehead atoms. The summed E-state index contributed by atoms with van der Waals surface area (Å²) in [6.45, 7) is 0.0374. The van der Waals surface area contributed by atoms with Crippen molar-refractivity contribution in [1.29, 1.82) is 0 Å². The summed E-state index contributed by atoms with van der Waals surface area (Å²) in [5.41, 5.74) is 1.58. The van der Waals surface area contributed by atoms with Crippen molar-refractivity contribution >= 4 is 17.5 Å². The lowest BCUT2D eigenvalue weighted by Gasteiger charge is -2.40. The number of rotatable bonds is 6. The highest BCUT2D eigenvalue weighted by Gasteiger charge is 2.37. The molecule has 2 aliphatic rings. The molecule has 1 saturated heterocycles. The van der Waals surface area contributed by atoms with Crippen molar-refractivity contribution < 1.29 is 19.4 Å². The molecule has 1 aromatic heterocycles. The van der Waals surface area contributed by atoms with E-state index in [4.69, 9.17) is 4.74 Å². The van der Waals surface area contributed by atoms with E-state index in [2.05, 4.69) is 10.3 Å². The van der Waals surface area contributed by atoms with Crippen molar-refractivity contribution in [1.82, 2.24) is 14.5 Å². The van der Waals surface area contributed by atoms with Crippen molar-refractivity contribution in [2.75, 3.05) is 18.5 Å². The second-order valence-electron chi connectivity index (χ2n) is 7.34. The highest BCUT2D eigenvalue weighted by Crippen LogP contribution is 2.32. The summed E-state index contributed by atoms with van der Waals surface area (Å²) < 4.78 is 7.61. The number of aromatic nitrogens is 2. The molecule has 8 nitrogen and oxygen atoms in total. The molecule has 1 aromatic carbocycles. The number of aliphatic hydroxyl groups excluding tert-OH is 1. The van der Waals surface area contributed by atoms with Crippen LogP contribution in [0.2, 0.25) is 0 Å². The number of carbonyl (C=O) groups excluding carboxylic acids is 2. The van der Waals surface area contributed by atoms with E-state index in [0.717, 1.165) is 29.9 Å². The van der Waals surface area contributed by atoms with E-state index in [1.165, 1.54) is 0 Å². The maximum Gasteiger partial charge on any atom is 0.249 e. The molecule has 8 heteroatoms. The van der Waals surface area contributed by atoms with Crippen molar-refractivity contribution in [3.8, 4) is 0 Å². The molecular weight excluding hydrogens is 360 g/mol. The van der Waals surface area contributed by atoms with Gasteiger partial charge in [-0.2, -0.15) is 0 Å². The van der Waals surface area contributed by atoms with E-state index >= 15 is 0 Å². The number of benzene rings is 1. The molecule has 2 atom stereocenters. The van der Waals surface area contributed by atoms with Gasteiger partial charge in [-0.1, -0.05) is 12.1 Å². The van der Waals surface area contributed by atoms with Crippen LogP contribution in [0, 0.1) is 5.92 Å². The summed E-state index contributed by atoms with van der Waals surface area (Å²) in [7, 11) is 1.87. The van der Waals surface area contributed by atoms with Crippen LogP contribution in [0.4, 0.5) is 5.69 Å². The summed E-state index contributed by atoms with van der Waals surface area (Å²) in [6, 6.07) is 6.87. The third kappa shape index (κ3) is 3.79. The Bertz CT molecular complexity index is 859. The largest absolute Gasteiger partial charge is 0.394 e. The Morgan fingerprint density at radius 1 is 1.32 bits per heavy atom. The van der Waals surface area contributed by atoms with Gasteiger partial charge in [0.1, 0.15) is 18.5 Å². The Kier molecular flexibility index (Phi) is 5.15. The van der Waals surface area contributed by atoms with Gasteiger partial charge in [0.2, 0.25) is 11.8 Å². The maximum absolute atomic E-state index is 12.4. The standard InChI is InChI=1S/C20H24N4O4/c1-23-9-8-21-17(23)10-24-16(11-25)19(28-12-18(24)26)13-4-6-15(7-5-13)22-20(27)14-2-3-14/h4-9,14,16,19,25H,2-3,10-12H2,1H3,(H,22,27)/t16-,19-/m1/s1. The maximum atomic E-state index is 12.4. The summed E-state index contributed by atoms with van der Waals surface area (Å²) in [6.07, 6.45) is 4.97. The van der Waals surface area contributed by atoms with Crippen LogP contribution in [-0.4, -0.2) is 50.6 Å². The Balaban J connectivity index is 1.50. The quantitative estimate of drug-likeness (QED) is 0.781. The Labute approximate surface area is 163 Å².